The van der Waals surface area contributed by atoms with Crippen molar-refractivity contribution in [1.82, 2.24) is 10.2 Å². The summed E-state index contributed by atoms with van der Waals surface area (Å²) in [7, 11) is 0. The molecule has 1 aromatic carbocycles. The van der Waals surface area contributed by atoms with E-state index >= 15 is 0 Å². The van der Waals surface area contributed by atoms with E-state index in [-0.39, 0.29) is 5.82 Å². The van der Waals surface area contributed by atoms with Crippen LogP contribution >= 0.6 is 23.1 Å². The summed E-state index contributed by atoms with van der Waals surface area (Å²) >= 11 is 2.90. The van der Waals surface area contributed by atoms with Crippen molar-refractivity contribution in [3.63, 3.8) is 0 Å². The van der Waals surface area contributed by atoms with E-state index in [4.69, 9.17) is 10.2 Å². The van der Waals surface area contributed by atoms with E-state index in [1.54, 1.807) is 6.07 Å². The Balaban J connectivity index is 1.71. The minimum Gasteiger partial charge on any atom is -0.419 e. The number of hydrogen-bond donors (Lipinski definition) is 1. The molecular weight excluding hydrogens is 297 g/mol. The molecule has 2 N–H and O–H groups in total. The van der Waals surface area contributed by atoms with Gasteiger partial charge in [-0.25, -0.2) is 4.39 Å². The van der Waals surface area contributed by atoms with Crippen molar-refractivity contribution in [1.29, 1.82) is 0 Å². The molecule has 0 unspecified atom stereocenters. The normalized spacial score (nSPS) is 10.8. The van der Waals surface area contributed by atoms with Gasteiger partial charge in [0.2, 0.25) is 5.89 Å². The molecule has 0 aliphatic heterocycles. The van der Waals surface area contributed by atoms with E-state index < -0.39 is 0 Å². The van der Waals surface area contributed by atoms with Crippen molar-refractivity contribution in [3.8, 4) is 10.8 Å². The molecule has 0 saturated heterocycles. The van der Waals surface area contributed by atoms with Gasteiger partial charge in [0.1, 0.15) is 5.82 Å². The van der Waals surface area contributed by atoms with Crippen LogP contribution in [-0.2, 0) is 5.75 Å². The number of thiophene rings is 1. The highest BCUT2D eigenvalue weighted by atomic mass is 32.2. The van der Waals surface area contributed by atoms with Crippen LogP contribution in [0.5, 0.6) is 0 Å². The zero-order chi connectivity index (χ0) is 13.9. The largest absolute Gasteiger partial charge is 0.419 e. The van der Waals surface area contributed by atoms with Crippen molar-refractivity contribution in [2.24, 2.45) is 0 Å². The molecule has 3 aromatic rings. The highest BCUT2D eigenvalue weighted by molar-refractivity contribution is 7.98. The van der Waals surface area contributed by atoms with Crippen LogP contribution in [-0.4, -0.2) is 10.2 Å². The molecule has 2 aromatic heterocycles. The van der Waals surface area contributed by atoms with Crippen molar-refractivity contribution >= 4 is 28.8 Å². The molecule has 0 saturated carbocycles. The number of nitrogens with zero attached hydrogens (tertiary/aromatic N) is 2. The second kappa shape index (κ2) is 5.64. The SMILES string of the molecule is Nc1ccc(F)cc1SCc1nnc(-c2cccs2)o1. The number of anilines is 1. The Morgan fingerprint density at radius 3 is 3.00 bits per heavy atom. The predicted molar refractivity (Wildman–Crippen MR) is 78.0 cm³/mol. The van der Waals surface area contributed by atoms with Gasteiger partial charge >= 0.3 is 0 Å². The molecule has 102 valence electrons. The third-order valence-electron chi connectivity index (χ3n) is 2.53. The molecule has 0 aliphatic carbocycles. The van der Waals surface area contributed by atoms with Gasteiger partial charge in [0.05, 0.1) is 10.6 Å². The number of rotatable bonds is 4. The van der Waals surface area contributed by atoms with Gasteiger partial charge in [-0.1, -0.05) is 6.07 Å². The van der Waals surface area contributed by atoms with Crippen LogP contribution in [0.2, 0.25) is 0 Å². The number of aromatic nitrogens is 2. The number of halogens is 1. The second-order valence-corrected chi connectivity index (χ2v) is 5.91. The van der Waals surface area contributed by atoms with E-state index in [1.165, 1.54) is 35.2 Å². The fourth-order valence-electron chi connectivity index (χ4n) is 1.58. The van der Waals surface area contributed by atoms with Crippen LogP contribution in [0, 0.1) is 5.82 Å². The highest BCUT2D eigenvalue weighted by Gasteiger charge is 2.10. The molecule has 4 nitrogen and oxygen atoms in total. The van der Waals surface area contributed by atoms with Crippen LogP contribution in [0.25, 0.3) is 10.8 Å². The second-order valence-electron chi connectivity index (χ2n) is 3.95. The molecule has 0 radical (unpaired) electrons. The van der Waals surface area contributed by atoms with Gasteiger partial charge in [-0.3, -0.25) is 0 Å². The van der Waals surface area contributed by atoms with Gasteiger partial charge in [0, 0.05) is 10.6 Å². The van der Waals surface area contributed by atoms with Gasteiger partial charge in [-0.15, -0.1) is 33.3 Å². The average molecular weight is 307 g/mol. The fourth-order valence-corrected chi connectivity index (χ4v) is 3.05. The first-order valence-corrected chi connectivity index (χ1v) is 7.63. The topological polar surface area (TPSA) is 64.9 Å². The lowest BCUT2D eigenvalue weighted by molar-refractivity contribution is 0.529. The first-order chi connectivity index (χ1) is 9.72. The molecule has 0 spiro atoms. The summed E-state index contributed by atoms with van der Waals surface area (Å²) in [6.45, 7) is 0. The molecule has 0 amide bonds. The standard InChI is InChI=1S/C13H10FN3OS2/c14-8-3-4-9(15)11(6-8)20-7-12-16-17-13(18-12)10-2-1-5-19-10/h1-6H,7,15H2. The van der Waals surface area contributed by atoms with E-state index in [1.807, 2.05) is 17.5 Å². The average Bonchev–Trinajstić information content (AvgIpc) is 3.09. The van der Waals surface area contributed by atoms with E-state index in [2.05, 4.69) is 10.2 Å². The number of benzene rings is 1. The quantitative estimate of drug-likeness (QED) is 0.586. The van der Waals surface area contributed by atoms with Gasteiger partial charge < -0.3 is 10.2 Å². The lowest BCUT2D eigenvalue weighted by Crippen LogP contribution is -1.90. The maximum Gasteiger partial charge on any atom is 0.257 e. The van der Waals surface area contributed by atoms with Crippen LogP contribution < -0.4 is 5.73 Å². The molecule has 3 rings (SSSR count). The zero-order valence-electron chi connectivity index (χ0n) is 10.2. The summed E-state index contributed by atoms with van der Waals surface area (Å²) in [5.41, 5.74) is 6.32. The van der Waals surface area contributed by atoms with Gasteiger partial charge in [0.15, 0.2) is 0 Å². The van der Waals surface area contributed by atoms with Gasteiger partial charge in [-0.05, 0) is 29.6 Å². The Hall–Kier alpha value is -1.86. The minimum absolute atomic E-state index is 0.313. The van der Waals surface area contributed by atoms with Crippen LogP contribution in [0.15, 0.2) is 45.0 Å². The Kier molecular flexibility index (Phi) is 3.70. The first-order valence-electron chi connectivity index (χ1n) is 5.76. The third kappa shape index (κ3) is 2.83. The number of thioether (sulfide) groups is 1. The molecule has 20 heavy (non-hydrogen) atoms. The smallest absolute Gasteiger partial charge is 0.257 e. The van der Waals surface area contributed by atoms with Crippen molar-refractivity contribution in [2.75, 3.05) is 5.73 Å². The highest BCUT2D eigenvalue weighted by Crippen LogP contribution is 2.30. The summed E-state index contributed by atoms with van der Waals surface area (Å²) < 4.78 is 18.7. The molecular formula is C13H10FN3OS2. The summed E-state index contributed by atoms with van der Waals surface area (Å²) in [6, 6.07) is 8.12. The molecule has 0 bridgehead atoms. The number of hydrogen-bond acceptors (Lipinski definition) is 6. The maximum atomic E-state index is 13.1. The Bertz CT molecular complexity index is 712. The Labute approximate surface area is 122 Å². The lowest BCUT2D eigenvalue weighted by Gasteiger charge is -2.03. The summed E-state index contributed by atoms with van der Waals surface area (Å²) in [5, 5.41) is 9.91. The third-order valence-corrected chi connectivity index (χ3v) is 4.44. The fraction of sp³-hybridized carbons (Fsp3) is 0.0769. The number of nitrogens with two attached hydrogens (primary N) is 1. The van der Waals surface area contributed by atoms with Crippen molar-refractivity contribution in [3.05, 3.63) is 47.4 Å². The Morgan fingerprint density at radius 2 is 2.20 bits per heavy atom. The molecule has 0 aliphatic rings. The van der Waals surface area contributed by atoms with Crippen molar-refractivity contribution in [2.45, 2.75) is 10.6 Å². The first kappa shape index (κ1) is 13.1. The predicted octanol–water partition coefficient (Wildman–Crippen LogP) is 3.81. The molecule has 7 heteroatoms. The molecule has 0 fully saturated rings. The van der Waals surface area contributed by atoms with E-state index in [0.29, 0.717) is 28.1 Å². The number of nitrogen functional groups attached to an aromatic ring is 1. The van der Waals surface area contributed by atoms with Crippen LogP contribution in [0.1, 0.15) is 5.89 Å². The Morgan fingerprint density at radius 1 is 1.30 bits per heavy atom. The van der Waals surface area contributed by atoms with Gasteiger partial charge in [-0.2, -0.15) is 0 Å². The van der Waals surface area contributed by atoms with Crippen molar-refractivity contribution < 1.29 is 8.81 Å². The summed E-state index contributed by atoms with van der Waals surface area (Å²) in [4.78, 5) is 1.60. The molecule has 2 heterocycles. The monoisotopic (exact) mass is 307 g/mol. The summed E-state index contributed by atoms with van der Waals surface area (Å²) in [5.74, 6) is 1.13. The van der Waals surface area contributed by atoms with Crippen LogP contribution in [0.3, 0.4) is 0 Å². The minimum atomic E-state index is -0.313. The van der Waals surface area contributed by atoms with Crippen LogP contribution in [0.4, 0.5) is 10.1 Å². The molecule has 0 atom stereocenters. The van der Waals surface area contributed by atoms with E-state index in [0.717, 1.165) is 4.88 Å². The zero-order valence-corrected chi connectivity index (χ0v) is 11.9. The lowest BCUT2D eigenvalue weighted by atomic mass is 10.3. The maximum absolute atomic E-state index is 13.1. The summed E-state index contributed by atoms with van der Waals surface area (Å²) in [6.07, 6.45) is 0. The van der Waals surface area contributed by atoms with Gasteiger partial charge in [0.25, 0.3) is 5.89 Å². The van der Waals surface area contributed by atoms with E-state index in [9.17, 15) is 4.39 Å².